The number of carbonyl (C=O) groups excluding carboxylic acids is 4. The van der Waals surface area contributed by atoms with Crippen molar-refractivity contribution in [3.05, 3.63) is 80.4 Å². The highest BCUT2D eigenvalue weighted by Gasteiger charge is 2.55. The van der Waals surface area contributed by atoms with Gasteiger partial charge in [-0.1, -0.05) is 36.4 Å². The molecule has 0 aromatic heterocycles. The molecule has 2 aliphatic carbocycles. The molecule has 1 spiro atoms. The number of ether oxygens (including phenoxy) is 4. The number of amides is 2. The smallest absolute Gasteiger partial charge is 0.339 e. The minimum atomic E-state index is -0.919. The molecule has 0 saturated carbocycles. The van der Waals surface area contributed by atoms with E-state index in [1.807, 2.05) is 36.4 Å². The predicted molar refractivity (Wildman–Crippen MR) is 179 cm³/mol. The molecule has 1 heterocycles. The maximum Gasteiger partial charge on any atom is 0.339 e. The molecule has 4 atom stereocenters. The summed E-state index contributed by atoms with van der Waals surface area (Å²) < 4.78 is 25.1. The highest BCUT2D eigenvalue weighted by Crippen LogP contribution is 2.45. The summed E-state index contributed by atoms with van der Waals surface area (Å²) in [7, 11) is 0. The molecule has 1 aliphatic heterocycles. The van der Waals surface area contributed by atoms with Crippen molar-refractivity contribution in [2.75, 3.05) is 13.2 Å². The molecule has 11 nitrogen and oxygen atoms in total. The normalized spacial score (nSPS) is 21.6. The number of aliphatic hydroxyl groups excluding tert-OH is 1. The van der Waals surface area contributed by atoms with Crippen LogP contribution in [0.3, 0.4) is 0 Å². The Morgan fingerprint density at radius 2 is 1.70 bits per heavy atom. The monoisotopic (exact) mass is 760 g/mol. The molecule has 1 fully saturated rings. The topological polar surface area (TPSA) is 149 Å². The molecule has 3 N–H and O–H groups in total. The van der Waals surface area contributed by atoms with E-state index in [0.717, 1.165) is 14.7 Å². The van der Waals surface area contributed by atoms with Crippen LogP contribution in [0.25, 0.3) is 0 Å². The van der Waals surface area contributed by atoms with E-state index in [0.29, 0.717) is 24.0 Å². The summed E-state index contributed by atoms with van der Waals surface area (Å²) in [6.07, 6.45) is 1.15. The maximum absolute atomic E-state index is 13.3. The predicted octanol–water partition coefficient (Wildman–Crippen LogP) is 3.53. The zero-order chi connectivity index (χ0) is 33.8. The molecule has 0 unspecified atom stereocenters. The number of rotatable bonds is 11. The van der Waals surface area contributed by atoms with E-state index in [9.17, 15) is 24.3 Å². The van der Waals surface area contributed by atoms with E-state index < -0.39 is 53.6 Å². The first-order valence-corrected chi connectivity index (χ1v) is 16.9. The Morgan fingerprint density at radius 1 is 1.02 bits per heavy atom. The quantitative estimate of drug-likeness (QED) is 0.231. The summed E-state index contributed by atoms with van der Waals surface area (Å²) in [5.74, 6) is -2.64. The van der Waals surface area contributed by atoms with Crippen molar-refractivity contribution >= 4 is 46.3 Å². The van der Waals surface area contributed by atoms with Gasteiger partial charge in [0.25, 0.3) is 0 Å². The van der Waals surface area contributed by atoms with Gasteiger partial charge in [-0.2, -0.15) is 0 Å². The number of esters is 2. The van der Waals surface area contributed by atoms with Crippen LogP contribution in [0.5, 0.6) is 0 Å². The van der Waals surface area contributed by atoms with Gasteiger partial charge in [0.05, 0.1) is 18.2 Å². The van der Waals surface area contributed by atoms with Crippen molar-refractivity contribution in [1.82, 2.24) is 10.6 Å². The molecule has 2 aromatic rings. The lowest BCUT2D eigenvalue weighted by atomic mass is 9.91. The molecule has 47 heavy (non-hydrogen) atoms. The molecule has 1 saturated heterocycles. The Labute approximate surface area is 287 Å². The lowest BCUT2D eigenvalue weighted by Gasteiger charge is -2.30. The van der Waals surface area contributed by atoms with Gasteiger partial charge in [-0.15, -0.1) is 0 Å². The lowest BCUT2D eigenvalue weighted by molar-refractivity contribution is -0.172. The minimum Gasteiger partial charge on any atom is -0.460 e. The fourth-order valence-electron chi connectivity index (χ4n) is 6.09. The summed E-state index contributed by atoms with van der Waals surface area (Å²) in [6.45, 7) is 4.99. The minimum absolute atomic E-state index is 0.0313. The van der Waals surface area contributed by atoms with Gasteiger partial charge >= 0.3 is 11.9 Å². The van der Waals surface area contributed by atoms with Gasteiger partial charge in [-0.25, -0.2) is 4.79 Å². The van der Waals surface area contributed by atoms with E-state index >= 15 is 0 Å². The fourth-order valence-corrected chi connectivity index (χ4v) is 6.69. The molecule has 0 bridgehead atoms. The van der Waals surface area contributed by atoms with Crippen molar-refractivity contribution in [1.29, 1.82) is 0 Å². The first-order valence-electron chi connectivity index (χ1n) is 15.8. The number of carbonyl (C=O) groups is 4. The van der Waals surface area contributed by atoms with Crippen LogP contribution < -0.4 is 10.6 Å². The van der Waals surface area contributed by atoms with E-state index in [4.69, 9.17) is 18.9 Å². The molecular weight excluding hydrogens is 719 g/mol. The highest BCUT2D eigenvalue weighted by molar-refractivity contribution is 14.1. The molecule has 252 valence electrons. The highest BCUT2D eigenvalue weighted by atomic mass is 127. The zero-order valence-corrected chi connectivity index (χ0v) is 28.9. The maximum atomic E-state index is 13.3. The number of nitrogens with one attached hydrogen (secondary N) is 2. The van der Waals surface area contributed by atoms with Crippen molar-refractivity contribution in [2.24, 2.45) is 0 Å². The molecule has 5 rings (SSSR count). The Kier molecular flexibility index (Phi) is 11.0. The van der Waals surface area contributed by atoms with Crippen molar-refractivity contribution in [3.63, 3.8) is 0 Å². The first-order chi connectivity index (χ1) is 22.3. The van der Waals surface area contributed by atoms with Crippen LogP contribution in [0.1, 0.15) is 67.9 Å². The third-order valence-electron chi connectivity index (χ3n) is 8.20. The van der Waals surface area contributed by atoms with Gasteiger partial charge in [-0.05, 0) is 79.1 Å². The zero-order valence-electron chi connectivity index (χ0n) is 26.8. The second-order valence-electron chi connectivity index (χ2n) is 13.1. The first kappa shape index (κ1) is 35.0. The fraction of sp³-hybridized carbons (Fsp3) is 0.486. The van der Waals surface area contributed by atoms with Crippen molar-refractivity contribution in [3.8, 4) is 0 Å². The van der Waals surface area contributed by atoms with Gasteiger partial charge in [0, 0.05) is 47.8 Å². The van der Waals surface area contributed by atoms with Gasteiger partial charge in [-0.3, -0.25) is 14.4 Å². The van der Waals surface area contributed by atoms with Crippen LogP contribution in [0.4, 0.5) is 0 Å². The van der Waals surface area contributed by atoms with Crippen LogP contribution in [0.15, 0.2) is 60.2 Å². The largest absolute Gasteiger partial charge is 0.460 e. The number of halogens is 1. The summed E-state index contributed by atoms with van der Waals surface area (Å²) in [6, 6.07) is 14.5. The van der Waals surface area contributed by atoms with Crippen molar-refractivity contribution in [2.45, 2.75) is 95.0 Å². The van der Waals surface area contributed by atoms with Crippen LogP contribution >= 0.6 is 22.6 Å². The Morgan fingerprint density at radius 3 is 2.36 bits per heavy atom. The summed E-state index contributed by atoms with van der Waals surface area (Å²) in [4.78, 5) is 51.2. The van der Waals surface area contributed by atoms with E-state index in [2.05, 4.69) is 33.2 Å². The SMILES string of the molecule is CC(C)(C)OC(=O)CC[C@@H](CO)NC(=O)CCNC(=O)C1=C[C@H]2OC3(Cc4ccccc4C3)O[C@H]2[C@H](OC(=O)c2ccccc2I)C1. The molecule has 3 aliphatic rings. The van der Waals surface area contributed by atoms with Gasteiger partial charge in [0.2, 0.25) is 11.8 Å². The average Bonchev–Trinajstić information content (AvgIpc) is 3.56. The molecule has 12 heteroatoms. The van der Waals surface area contributed by atoms with Crippen LogP contribution in [0, 0.1) is 3.57 Å². The van der Waals surface area contributed by atoms with Crippen LogP contribution in [0.2, 0.25) is 0 Å². The average molecular weight is 761 g/mol. The second kappa shape index (κ2) is 14.8. The molecule has 2 aromatic carbocycles. The van der Waals surface area contributed by atoms with Crippen molar-refractivity contribution < 1.29 is 43.2 Å². The number of hydrogen-bond acceptors (Lipinski definition) is 9. The summed E-state index contributed by atoms with van der Waals surface area (Å²) in [5, 5.41) is 15.2. The number of hydrogen-bond donors (Lipinski definition) is 3. The lowest BCUT2D eigenvalue weighted by Crippen LogP contribution is -2.44. The molecular formula is C35H41IN2O9. The number of fused-ring (bicyclic) bond motifs is 2. The number of benzene rings is 2. The molecule has 2 amide bonds. The standard InChI is InChI=1S/C35H41IN2O9/c1-34(2,3)46-30(41)13-12-24(20-39)38-29(40)14-15-37-32(42)23-16-27(44-33(43)25-10-6-7-11-26(25)36)31-28(17-23)45-35(47-31)18-21-8-4-5-9-22(21)19-35/h4-11,17,24,27-28,31,39H,12-16,18-20H2,1-3H3,(H,37,42)(H,38,40)/t24-,27+,28+,31-/m0/s1. The second-order valence-corrected chi connectivity index (χ2v) is 14.3. The van der Waals surface area contributed by atoms with Crippen LogP contribution in [-0.4, -0.2) is 77.8 Å². The van der Waals surface area contributed by atoms with E-state index in [-0.39, 0.29) is 44.7 Å². The van der Waals surface area contributed by atoms with Gasteiger partial charge in [0.15, 0.2) is 5.79 Å². The third-order valence-corrected chi connectivity index (χ3v) is 9.14. The summed E-state index contributed by atoms with van der Waals surface area (Å²) >= 11 is 2.08. The third kappa shape index (κ3) is 8.98. The molecule has 0 radical (unpaired) electrons. The van der Waals surface area contributed by atoms with E-state index in [1.54, 1.807) is 39.0 Å². The van der Waals surface area contributed by atoms with Gasteiger partial charge < -0.3 is 34.7 Å². The Hall–Kier alpha value is -3.33. The van der Waals surface area contributed by atoms with E-state index in [1.165, 1.54) is 0 Å². The summed E-state index contributed by atoms with van der Waals surface area (Å²) in [5.41, 5.74) is 2.43. The number of aliphatic hydroxyl groups is 1. The van der Waals surface area contributed by atoms with Crippen LogP contribution in [-0.2, 0) is 46.2 Å². The Bertz CT molecular complexity index is 1510. The Balaban J connectivity index is 1.20. The van der Waals surface area contributed by atoms with Gasteiger partial charge in [0.1, 0.15) is 23.9 Å².